The molecule has 3 nitrogen and oxygen atoms in total. The van der Waals surface area contributed by atoms with Gasteiger partial charge in [0.1, 0.15) is 0 Å². The van der Waals surface area contributed by atoms with Gasteiger partial charge in [0, 0.05) is 22.3 Å². The Kier molecular flexibility index (Phi) is 3.94. The molecule has 1 atom stereocenters. The van der Waals surface area contributed by atoms with E-state index in [0.717, 1.165) is 11.1 Å². The standard InChI is InChI=1S/C12H11Cl2N3/c13-10-2-1-8(11(14)6-10)5-12(15)9-3-4-16-17-7-9/h1-4,6-7,12H,5,15H2. The van der Waals surface area contributed by atoms with Crippen LogP contribution in [0.5, 0.6) is 0 Å². The highest BCUT2D eigenvalue weighted by Crippen LogP contribution is 2.24. The number of nitrogens with two attached hydrogens (primary N) is 1. The Balaban J connectivity index is 2.16. The van der Waals surface area contributed by atoms with Crippen LogP contribution in [0.15, 0.2) is 36.7 Å². The first-order valence-electron chi connectivity index (χ1n) is 5.13. The molecule has 0 aliphatic heterocycles. The zero-order valence-electron chi connectivity index (χ0n) is 8.98. The van der Waals surface area contributed by atoms with Crippen molar-refractivity contribution in [3.8, 4) is 0 Å². The Morgan fingerprint density at radius 1 is 1.18 bits per heavy atom. The summed E-state index contributed by atoms with van der Waals surface area (Å²) in [7, 11) is 0. The highest BCUT2D eigenvalue weighted by atomic mass is 35.5. The average molecular weight is 268 g/mol. The normalized spacial score (nSPS) is 12.4. The molecule has 0 spiro atoms. The summed E-state index contributed by atoms with van der Waals surface area (Å²) in [6, 6.07) is 7.11. The van der Waals surface area contributed by atoms with Gasteiger partial charge in [0.25, 0.3) is 0 Å². The van der Waals surface area contributed by atoms with Crippen LogP contribution < -0.4 is 5.73 Å². The number of hydrogen-bond acceptors (Lipinski definition) is 3. The summed E-state index contributed by atoms with van der Waals surface area (Å²) >= 11 is 11.9. The van der Waals surface area contributed by atoms with Gasteiger partial charge in [0.2, 0.25) is 0 Å². The van der Waals surface area contributed by atoms with Gasteiger partial charge in [-0.05, 0) is 35.7 Å². The lowest BCUT2D eigenvalue weighted by Gasteiger charge is -2.12. The largest absolute Gasteiger partial charge is 0.324 e. The third kappa shape index (κ3) is 3.16. The topological polar surface area (TPSA) is 51.8 Å². The molecular formula is C12H11Cl2N3. The maximum absolute atomic E-state index is 6.09. The van der Waals surface area contributed by atoms with Crippen LogP contribution in [0.25, 0.3) is 0 Å². The Morgan fingerprint density at radius 2 is 2.00 bits per heavy atom. The van der Waals surface area contributed by atoms with Crippen LogP contribution in [0.2, 0.25) is 10.0 Å². The fraction of sp³-hybridized carbons (Fsp3) is 0.167. The molecule has 17 heavy (non-hydrogen) atoms. The van der Waals surface area contributed by atoms with Gasteiger partial charge in [-0.15, -0.1) is 0 Å². The van der Waals surface area contributed by atoms with E-state index in [-0.39, 0.29) is 6.04 Å². The van der Waals surface area contributed by atoms with Gasteiger partial charge in [0.15, 0.2) is 0 Å². The molecule has 2 rings (SSSR count). The third-order valence-corrected chi connectivity index (χ3v) is 3.08. The predicted molar refractivity (Wildman–Crippen MR) is 69.1 cm³/mol. The van der Waals surface area contributed by atoms with E-state index in [4.69, 9.17) is 28.9 Å². The minimum Gasteiger partial charge on any atom is -0.324 e. The Morgan fingerprint density at radius 3 is 2.65 bits per heavy atom. The van der Waals surface area contributed by atoms with E-state index in [2.05, 4.69) is 10.2 Å². The van der Waals surface area contributed by atoms with Gasteiger partial charge in [0.05, 0.1) is 6.20 Å². The average Bonchev–Trinajstić information content (AvgIpc) is 2.34. The number of halogens is 2. The minimum absolute atomic E-state index is 0.149. The van der Waals surface area contributed by atoms with E-state index in [1.54, 1.807) is 24.5 Å². The number of rotatable bonds is 3. The first-order valence-corrected chi connectivity index (χ1v) is 5.88. The molecule has 0 saturated carbocycles. The number of benzene rings is 1. The molecule has 1 aromatic carbocycles. The first kappa shape index (κ1) is 12.3. The highest BCUT2D eigenvalue weighted by molar-refractivity contribution is 6.35. The van der Waals surface area contributed by atoms with Crippen LogP contribution in [-0.4, -0.2) is 10.2 Å². The van der Waals surface area contributed by atoms with Gasteiger partial charge in [-0.3, -0.25) is 0 Å². The summed E-state index contributed by atoms with van der Waals surface area (Å²) in [5.41, 5.74) is 7.98. The SMILES string of the molecule is NC(Cc1ccc(Cl)cc1Cl)c1ccnnc1. The molecule has 0 radical (unpaired) electrons. The second kappa shape index (κ2) is 5.45. The molecular weight excluding hydrogens is 257 g/mol. The molecule has 0 amide bonds. The summed E-state index contributed by atoms with van der Waals surface area (Å²) in [6.45, 7) is 0. The van der Waals surface area contributed by atoms with Crippen molar-refractivity contribution in [2.75, 3.05) is 0 Å². The predicted octanol–water partition coefficient (Wildman–Crippen LogP) is 3.03. The van der Waals surface area contributed by atoms with Crippen molar-refractivity contribution in [3.05, 3.63) is 57.8 Å². The van der Waals surface area contributed by atoms with Gasteiger partial charge in [-0.2, -0.15) is 10.2 Å². The van der Waals surface area contributed by atoms with E-state index in [1.165, 1.54) is 0 Å². The van der Waals surface area contributed by atoms with Crippen LogP contribution in [0.3, 0.4) is 0 Å². The Labute approximate surface area is 110 Å². The quantitative estimate of drug-likeness (QED) is 0.930. The molecule has 2 N–H and O–H groups in total. The molecule has 2 aromatic rings. The van der Waals surface area contributed by atoms with Crippen molar-refractivity contribution in [1.82, 2.24) is 10.2 Å². The zero-order chi connectivity index (χ0) is 12.3. The monoisotopic (exact) mass is 267 g/mol. The molecule has 0 aliphatic rings. The van der Waals surface area contributed by atoms with Crippen molar-refractivity contribution in [3.63, 3.8) is 0 Å². The summed E-state index contributed by atoms with van der Waals surface area (Å²) in [6.07, 6.45) is 3.93. The van der Waals surface area contributed by atoms with Crippen molar-refractivity contribution < 1.29 is 0 Å². The lowest BCUT2D eigenvalue weighted by molar-refractivity contribution is 0.713. The number of hydrogen-bond donors (Lipinski definition) is 1. The summed E-state index contributed by atoms with van der Waals surface area (Å²) in [4.78, 5) is 0. The number of nitrogens with zero attached hydrogens (tertiary/aromatic N) is 2. The van der Waals surface area contributed by atoms with Gasteiger partial charge in [-0.1, -0.05) is 29.3 Å². The van der Waals surface area contributed by atoms with E-state index in [1.807, 2.05) is 12.1 Å². The molecule has 0 fully saturated rings. The minimum atomic E-state index is -0.149. The van der Waals surface area contributed by atoms with Crippen molar-refractivity contribution >= 4 is 23.2 Å². The molecule has 88 valence electrons. The first-order chi connectivity index (χ1) is 8.16. The molecule has 0 aliphatic carbocycles. The van der Waals surface area contributed by atoms with Gasteiger partial charge >= 0.3 is 0 Å². The highest BCUT2D eigenvalue weighted by Gasteiger charge is 2.10. The molecule has 0 saturated heterocycles. The van der Waals surface area contributed by atoms with Crippen molar-refractivity contribution in [2.45, 2.75) is 12.5 Å². The second-order valence-electron chi connectivity index (χ2n) is 3.72. The lowest BCUT2D eigenvalue weighted by Crippen LogP contribution is -2.14. The van der Waals surface area contributed by atoms with Crippen LogP contribution >= 0.6 is 23.2 Å². The maximum Gasteiger partial charge on any atom is 0.0544 e. The third-order valence-electron chi connectivity index (χ3n) is 2.49. The fourth-order valence-electron chi connectivity index (χ4n) is 1.56. The van der Waals surface area contributed by atoms with Crippen molar-refractivity contribution in [1.29, 1.82) is 0 Å². The van der Waals surface area contributed by atoms with E-state index < -0.39 is 0 Å². The fourth-order valence-corrected chi connectivity index (χ4v) is 2.05. The molecule has 1 unspecified atom stereocenters. The molecule has 1 aromatic heterocycles. The van der Waals surface area contributed by atoms with Crippen LogP contribution in [-0.2, 0) is 6.42 Å². The summed E-state index contributed by atoms with van der Waals surface area (Å²) in [5.74, 6) is 0. The van der Waals surface area contributed by atoms with Crippen LogP contribution in [0.4, 0.5) is 0 Å². The van der Waals surface area contributed by atoms with Gasteiger partial charge in [-0.25, -0.2) is 0 Å². The number of aromatic nitrogens is 2. The maximum atomic E-state index is 6.09. The Hall–Kier alpha value is -1.16. The molecule has 5 heteroatoms. The van der Waals surface area contributed by atoms with E-state index in [9.17, 15) is 0 Å². The van der Waals surface area contributed by atoms with Crippen LogP contribution in [0, 0.1) is 0 Å². The van der Waals surface area contributed by atoms with E-state index in [0.29, 0.717) is 16.5 Å². The van der Waals surface area contributed by atoms with Crippen molar-refractivity contribution in [2.24, 2.45) is 5.73 Å². The van der Waals surface area contributed by atoms with Crippen LogP contribution in [0.1, 0.15) is 17.2 Å². The van der Waals surface area contributed by atoms with E-state index >= 15 is 0 Å². The summed E-state index contributed by atoms with van der Waals surface area (Å²) < 4.78 is 0. The molecule has 1 heterocycles. The molecule has 0 bridgehead atoms. The lowest BCUT2D eigenvalue weighted by atomic mass is 10.0. The zero-order valence-corrected chi connectivity index (χ0v) is 10.5. The van der Waals surface area contributed by atoms with Gasteiger partial charge < -0.3 is 5.73 Å². The second-order valence-corrected chi connectivity index (χ2v) is 4.57. The summed E-state index contributed by atoms with van der Waals surface area (Å²) in [5, 5.41) is 8.77. The smallest absolute Gasteiger partial charge is 0.0544 e. The Bertz CT molecular complexity index is 502.